The molecule has 0 aliphatic carbocycles. The van der Waals surface area contributed by atoms with Gasteiger partial charge in [0.1, 0.15) is 24.4 Å². The largest absolute Gasteiger partial charge is 0.497 e. The van der Waals surface area contributed by atoms with Crippen LogP contribution in [0.4, 0.5) is 0 Å². The van der Waals surface area contributed by atoms with Gasteiger partial charge >= 0.3 is 0 Å². The van der Waals surface area contributed by atoms with Crippen LogP contribution in [0.1, 0.15) is 0 Å². The van der Waals surface area contributed by atoms with Crippen LogP contribution >= 0.6 is 11.8 Å². The third-order valence-corrected chi connectivity index (χ3v) is 5.50. The Hall–Kier alpha value is -3.03. The molecule has 0 amide bonds. The van der Waals surface area contributed by atoms with E-state index in [1.807, 2.05) is 65.2 Å². The van der Waals surface area contributed by atoms with Crippen molar-refractivity contribution in [3.05, 3.63) is 73.1 Å². The van der Waals surface area contributed by atoms with E-state index in [0.29, 0.717) is 10.9 Å². The molecule has 3 aromatic carbocycles. The van der Waals surface area contributed by atoms with Crippen LogP contribution in [0.5, 0.6) is 11.5 Å². The van der Waals surface area contributed by atoms with Crippen LogP contribution in [0.3, 0.4) is 0 Å². The average Bonchev–Trinajstić information content (AvgIpc) is 3.25. The van der Waals surface area contributed by atoms with E-state index < -0.39 is 6.10 Å². The second-order valence-corrected chi connectivity index (χ2v) is 7.46. The highest BCUT2D eigenvalue weighted by molar-refractivity contribution is 7.99. The summed E-state index contributed by atoms with van der Waals surface area (Å²) in [5.41, 5.74) is 0.902. The number of aliphatic hydroxyl groups excluding tert-OH is 1. The van der Waals surface area contributed by atoms with Crippen LogP contribution in [-0.4, -0.2) is 45.4 Å². The second kappa shape index (κ2) is 8.98. The quantitative estimate of drug-likeness (QED) is 0.446. The minimum Gasteiger partial charge on any atom is -0.497 e. The topological polar surface area (TPSA) is 69.4 Å². The van der Waals surface area contributed by atoms with Crippen molar-refractivity contribution >= 4 is 22.5 Å². The molecule has 1 unspecified atom stereocenters. The number of aliphatic hydroxyl groups is 1. The summed E-state index contributed by atoms with van der Waals surface area (Å²) >= 11 is 1.43. The first kappa shape index (κ1) is 19.3. The van der Waals surface area contributed by atoms with E-state index in [1.165, 1.54) is 11.8 Å². The number of methoxy groups -OCH3 is 1. The Balaban J connectivity index is 1.35. The fourth-order valence-corrected chi connectivity index (χ4v) is 3.76. The summed E-state index contributed by atoms with van der Waals surface area (Å²) in [7, 11) is 1.63. The predicted molar refractivity (Wildman–Crippen MR) is 114 cm³/mol. The second-order valence-electron chi connectivity index (χ2n) is 6.47. The van der Waals surface area contributed by atoms with Crippen molar-refractivity contribution in [3.63, 3.8) is 0 Å². The molecule has 4 rings (SSSR count). The molecule has 0 bridgehead atoms. The molecule has 0 radical (unpaired) electrons. The molecule has 0 aliphatic rings. The number of thioether (sulfide) groups is 1. The Bertz CT molecular complexity index is 1100. The normalized spacial score (nSPS) is 12.1. The SMILES string of the molecule is COc1cccc(-n2cnnc2SCC(O)COc2ccc3ccccc3c2)c1. The van der Waals surface area contributed by atoms with E-state index in [2.05, 4.69) is 16.3 Å². The van der Waals surface area contributed by atoms with Gasteiger partial charge in [-0.25, -0.2) is 0 Å². The minimum atomic E-state index is -0.637. The first-order valence-corrected chi connectivity index (χ1v) is 10.2. The van der Waals surface area contributed by atoms with E-state index in [0.717, 1.165) is 28.0 Å². The molecular weight excluding hydrogens is 386 g/mol. The van der Waals surface area contributed by atoms with Gasteiger partial charge in [0.05, 0.1) is 18.9 Å². The molecule has 1 N–H and O–H groups in total. The zero-order valence-corrected chi connectivity index (χ0v) is 16.7. The van der Waals surface area contributed by atoms with Gasteiger partial charge < -0.3 is 14.6 Å². The summed E-state index contributed by atoms with van der Waals surface area (Å²) in [5, 5.41) is 21.5. The zero-order chi connectivity index (χ0) is 20.1. The third kappa shape index (κ3) is 4.70. The first-order valence-electron chi connectivity index (χ1n) is 9.20. The number of ether oxygens (including phenoxy) is 2. The standard InChI is InChI=1S/C22H21N3O3S/c1-27-20-8-4-7-18(12-20)25-15-23-24-22(25)29-14-19(26)13-28-21-10-9-16-5-2-3-6-17(16)11-21/h2-12,15,19,26H,13-14H2,1H3. The number of nitrogens with zero attached hydrogens (tertiary/aromatic N) is 3. The van der Waals surface area contributed by atoms with Crippen LogP contribution in [0, 0.1) is 0 Å². The van der Waals surface area contributed by atoms with E-state index in [4.69, 9.17) is 9.47 Å². The van der Waals surface area contributed by atoms with Crippen molar-refractivity contribution in [1.29, 1.82) is 0 Å². The summed E-state index contributed by atoms with van der Waals surface area (Å²) < 4.78 is 12.9. The molecule has 0 aliphatic heterocycles. The van der Waals surface area contributed by atoms with Gasteiger partial charge in [-0.3, -0.25) is 4.57 Å². The number of benzene rings is 3. The molecule has 0 fully saturated rings. The zero-order valence-electron chi connectivity index (χ0n) is 15.9. The van der Waals surface area contributed by atoms with Crippen molar-refractivity contribution in [2.75, 3.05) is 19.5 Å². The smallest absolute Gasteiger partial charge is 0.195 e. The lowest BCUT2D eigenvalue weighted by molar-refractivity contribution is 0.126. The molecule has 0 saturated heterocycles. The lowest BCUT2D eigenvalue weighted by Crippen LogP contribution is -2.20. The van der Waals surface area contributed by atoms with Crippen molar-refractivity contribution in [2.24, 2.45) is 0 Å². The van der Waals surface area contributed by atoms with Gasteiger partial charge in [0.25, 0.3) is 0 Å². The van der Waals surface area contributed by atoms with Crippen LogP contribution < -0.4 is 9.47 Å². The Labute approximate surface area is 173 Å². The van der Waals surface area contributed by atoms with E-state index in [1.54, 1.807) is 13.4 Å². The lowest BCUT2D eigenvalue weighted by Gasteiger charge is -2.13. The Kier molecular flexibility index (Phi) is 5.97. The maximum atomic E-state index is 10.3. The van der Waals surface area contributed by atoms with Crippen molar-refractivity contribution in [1.82, 2.24) is 14.8 Å². The molecule has 7 heteroatoms. The molecule has 6 nitrogen and oxygen atoms in total. The fraction of sp³-hybridized carbons (Fsp3) is 0.182. The monoisotopic (exact) mass is 407 g/mol. The number of hydrogen-bond acceptors (Lipinski definition) is 6. The molecule has 0 spiro atoms. The van der Waals surface area contributed by atoms with Crippen molar-refractivity contribution in [3.8, 4) is 17.2 Å². The van der Waals surface area contributed by atoms with E-state index in [-0.39, 0.29) is 6.61 Å². The van der Waals surface area contributed by atoms with Crippen LogP contribution in [0.15, 0.2) is 78.2 Å². The predicted octanol–water partition coefficient (Wildman–Crippen LogP) is 3.96. The Morgan fingerprint density at radius 1 is 1.00 bits per heavy atom. The highest BCUT2D eigenvalue weighted by atomic mass is 32.2. The summed E-state index contributed by atoms with van der Waals surface area (Å²) in [6.45, 7) is 0.207. The third-order valence-electron chi connectivity index (χ3n) is 4.42. The lowest BCUT2D eigenvalue weighted by atomic mass is 10.1. The van der Waals surface area contributed by atoms with Crippen molar-refractivity contribution < 1.29 is 14.6 Å². The van der Waals surface area contributed by atoms with Gasteiger partial charge in [-0.05, 0) is 35.0 Å². The maximum Gasteiger partial charge on any atom is 0.195 e. The minimum absolute atomic E-state index is 0.207. The fourth-order valence-electron chi connectivity index (χ4n) is 2.93. The molecule has 0 saturated carbocycles. The molecule has 29 heavy (non-hydrogen) atoms. The Morgan fingerprint density at radius 2 is 1.86 bits per heavy atom. The molecule has 148 valence electrons. The van der Waals surface area contributed by atoms with Gasteiger partial charge in [-0.15, -0.1) is 10.2 Å². The van der Waals surface area contributed by atoms with Gasteiger partial charge in [-0.2, -0.15) is 0 Å². The van der Waals surface area contributed by atoms with Gasteiger partial charge in [0.15, 0.2) is 5.16 Å². The van der Waals surface area contributed by atoms with Crippen LogP contribution in [0.2, 0.25) is 0 Å². The summed E-state index contributed by atoms with van der Waals surface area (Å²) in [6, 6.07) is 21.7. The number of hydrogen-bond donors (Lipinski definition) is 1. The molecule has 1 aromatic heterocycles. The summed E-state index contributed by atoms with van der Waals surface area (Å²) in [6.07, 6.45) is 1.01. The van der Waals surface area contributed by atoms with Gasteiger partial charge in [-0.1, -0.05) is 48.2 Å². The van der Waals surface area contributed by atoms with Gasteiger partial charge in [0.2, 0.25) is 0 Å². The van der Waals surface area contributed by atoms with E-state index >= 15 is 0 Å². The van der Waals surface area contributed by atoms with Gasteiger partial charge in [0, 0.05) is 11.8 Å². The number of rotatable bonds is 8. The first-order chi connectivity index (χ1) is 14.2. The highest BCUT2D eigenvalue weighted by Gasteiger charge is 2.12. The molecule has 1 heterocycles. The average molecular weight is 407 g/mol. The Morgan fingerprint density at radius 3 is 2.72 bits per heavy atom. The van der Waals surface area contributed by atoms with Crippen LogP contribution in [0.25, 0.3) is 16.5 Å². The molecular formula is C22H21N3O3S. The van der Waals surface area contributed by atoms with Crippen LogP contribution in [-0.2, 0) is 0 Å². The van der Waals surface area contributed by atoms with E-state index in [9.17, 15) is 5.11 Å². The molecule has 4 aromatic rings. The maximum absolute atomic E-state index is 10.3. The summed E-state index contributed by atoms with van der Waals surface area (Å²) in [5.74, 6) is 1.94. The van der Waals surface area contributed by atoms with Crippen molar-refractivity contribution in [2.45, 2.75) is 11.3 Å². The highest BCUT2D eigenvalue weighted by Crippen LogP contribution is 2.24. The number of fused-ring (bicyclic) bond motifs is 1. The number of aromatic nitrogens is 3. The molecule has 1 atom stereocenters. The summed E-state index contributed by atoms with van der Waals surface area (Å²) in [4.78, 5) is 0.